The number of ether oxygens (including phenoxy) is 1. The number of hydrogen-bond donors (Lipinski definition) is 1. The monoisotopic (exact) mass is 371 g/mol. The molecule has 0 radical (unpaired) electrons. The van der Waals surface area contributed by atoms with Gasteiger partial charge in [-0.2, -0.15) is 4.80 Å². The number of amides is 1. The number of benzene rings is 1. The fourth-order valence-electron chi connectivity index (χ4n) is 2.57. The number of carbonyl (C=O) groups is 1. The molecule has 8 heteroatoms. The van der Waals surface area contributed by atoms with Crippen LogP contribution in [0.5, 0.6) is 5.75 Å². The summed E-state index contributed by atoms with van der Waals surface area (Å²) in [5.74, 6) is 1.31. The average Bonchev–Trinajstić information content (AvgIpc) is 3.31. The number of nitrogens with one attached hydrogen (secondary N) is 1. The fraction of sp³-hybridized carbons (Fsp3) is 0.333. The van der Waals surface area contributed by atoms with E-state index in [1.165, 1.54) is 4.80 Å². The van der Waals surface area contributed by atoms with Gasteiger partial charge in [0.15, 0.2) is 0 Å². The third-order valence-corrected chi connectivity index (χ3v) is 4.85. The number of nitrogens with zero attached hydrogens (tertiary/aromatic N) is 4. The van der Waals surface area contributed by atoms with E-state index in [1.54, 1.807) is 18.4 Å². The van der Waals surface area contributed by atoms with Crippen molar-refractivity contribution in [2.75, 3.05) is 7.11 Å². The summed E-state index contributed by atoms with van der Waals surface area (Å²) < 4.78 is 5.20. The number of rotatable bonds is 7. The molecule has 26 heavy (non-hydrogen) atoms. The molecule has 0 saturated carbocycles. The minimum absolute atomic E-state index is 0.0194. The number of methoxy groups -OCH3 is 1. The Labute approximate surface area is 156 Å². The Bertz CT molecular complexity index is 860. The van der Waals surface area contributed by atoms with Gasteiger partial charge in [-0.05, 0) is 34.7 Å². The van der Waals surface area contributed by atoms with Crippen LogP contribution < -0.4 is 10.1 Å². The zero-order chi connectivity index (χ0) is 18.5. The second-order valence-electron chi connectivity index (χ2n) is 6.18. The minimum Gasteiger partial charge on any atom is -0.497 e. The molecule has 1 atom stereocenters. The van der Waals surface area contributed by atoms with E-state index < -0.39 is 0 Å². The Hall–Kier alpha value is -2.74. The topological polar surface area (TPSA) is 81.9 Å². The summed E-state index contributed by atoms with van der Waals surface area (Å²) in [6.45, 7) is 4.18. The molecule has 0 aliphatic heterocycles. The smallest absolute Gasteiger partial charge is 0.244 e. The van der Waals surface area contributed by atoms with Crippen LogP contribution >= 0.6 is 11.3 Å². The molecule has 7 nitrogen and oxygen atoms in total. The molecule has 0 aliphatic rings. The Morgan fingerprint density at radius 1 is 1.31 bits per heavy atom. The van der Waals surface area contributed by atoms with E-state index in [2.05, 4.69) is 34.6 Å². The van der Waals surface area contributed by atoms with Crippen LogP contribution in [0.4, 0.5) is 0 Å². The van der Waals surface area contributed by atoms with Crippen LogP contribution in [-0.4, -0.2) is 33.2 Å². The van der Waals surface area contributed by atoms with Crippen molar-refractivity contribution < 1.29 is 9.53 Å². The third kappa shape index (κ3) is 4.26. The van der Waals surface area contributed by atoms with Gasteiger partial charge in [0.25, 0.3) is 0 Å². The highest BCUT2D eigenvalue weighted by Crippen LogP contribution is 2.25. The molecule has 136 valence electrons. The molecule has 0 spiro atoms. The highest BCUT2D eigenvalue weighted by Gasteiger charge is 2.20. The van der Waals surface area contributed by atoms with Crippen molar-refractivity contribution in [3.8, 4) is 17.1 Å². The van der Waals surface area contributed by atoms with E-state index >= 15 is 0 Å². The number of aromatic nitrogens is 4. The van der Waals surface area contributed by atoms with Gasteiger partial charge in [-0.3, -0.25) is 4.79 Å². The molecule has 3 rings (SSSR count). The molecule has 0 unspecified atom stereocenters. The Morgan fingerprint density at radius 3 is 2.85 bits per heavy atom. The van der Waals surface area contributed by atoms with Crippen molar-refractivity contribution in [2.45, 2.75) is 26.4 Å². The van der Waals surface area contributed by atoms with E-state index in [0.717, 1.165) is 10.4 Å². The summed E-state index contributed by atoms with van der Waals surface area (Å²) in [7, 11) is 1.60. The van der Waals surface area contributed by atoms with Crippen LogP contribution in [-0.2, 0) is 11.3 Å². The summed E-state index contributed by atoms with van der Waals surface area (Å²) in [6.07, 6.45) is 0. The zero-order valence-corrected chi connectivity index (χ0v) is 15.7. The van der Waals surface area contributed by atoms with E-state index in [0.29, 0.717) is 11.6 Å². The first-order valence-electron chi connectivity index (χ1n) is 8.32. The van der Waals surface area contributed by atoms with Crippen molar-refractivity contribution in [1.29, 1.82) is 0 Å². The predicted octanol–water partition coefficient (Wildman–Crippen LogP) is 2.92. The summed E-state index contributed by atoms with van der Waals surface area (Å²) in [5.41, 5.74) is 0.787. The van der Waals surface area contributed by atoms with Gasteiger partial charge in [-0.1, -0.05) is 32.0 Å². The van der Waals surface area contributed by atoms with Gasteiger partial charge in [-0.25, -0.2) is 0 Å². The van der Waals surface area contributed by atoms with Gasteiger partial charge in [0.05, 0.1) is 13.2 Å². The summed E-state index contributed by atoms with van der Waals surface area (Å²) in [6, 6.07) is 11.4. The van der Waals surface area contributed by atoms with Crippen molar-refractivity contribution in [2.24, 2.45) is 5.92 Å². The Balaban J connectivity index is 1.67. The third-order valence-electron chi connectivity index (χ3n) is 3.90. The first-order chi connectivity index (χ1) is 12.6. The molecule has 2 heterocycles. The van der Waals surface area contributed by atoms with Crippen molar-refractivity contribution in [3.63, 3.8) is 0 Å². The van der Waals surface area contributed by atoms with Gasteiger partial charge in [0, 0.05) is 10.4 Å². The van der Waals surface area contributed by atoms with Crippen LogP contribution in [0.2, 0.25) is 0 Å². The molecule has 0 fully saturated rings. The lowest BCUT2D eigenvalue weighted by atomic mass is 10.0. The van der Waals surface area contributed by atoms with Crippen molar-refractivity contribution >= 4 is 17.2 Å². The molecule has 1 aromatic carbocycles. The number of thiophene rings is 1. The molecule has 0 saturated heterocycles. The maximum Gasteiger partial charge on any atom is 0.244 e. The lowest BCUT2D eigenvalue weighted by molar-refractivity contribution is -0.123. The lowest BCUT2D eigenvalue weighted by Crippen LogP contribution is -2.34. The molecule has 0 bridgehead atoms. The van der Waals surface area contributed by atoms with Gasteiger partial charge in [0.2, 0.25) is 11.7 Å². The standard InChI is InChI=1S/C18H21N5O2S/c1-12(2)17(15-8-5-9-26-15)19-16(24)11-23-21-18(20-22-23)13-6-4-7-14(10-13)25-3/h4-10,12,17H,11H2,1-3H3,(H,19,24)/t17-/m0/s1. The maximum absolute atomic E-state index is 12.4. The van der Waals surface area contributed by atoms with Crippen LogP contribution in [0.25, 0.3) is 11.4 Å². The molecule has 0 aliphatic carbocycles. The molecular weight excluding hydrogens is 350 g/mol. The van der Waals surface area contributed by atoms with Crippen molar-refractivity contribution in [1.82, 2.24) is 25.5 Å². The normalized spacial score (nSPS) is 12.2. The maximum atomic E-state index is 12.4. The first kappa shape index (κ1) is 18.1. The van der Waals surface area contributed by atoms with Crippen LogP contribution in [0, 0.1) is 5.92 Å². The quantitative estimate of drug-likeness (QED) is 0.690. The van der Waals surface area contributed by atoms with Gasteiger partial charge >= 0.3 is 0 Å². The largest absolute Gasteiger partial charge is 0.497 e. The van der Waals surface area contributed by atoms with Crippen molar-refractivity contribution in [3.05, 3.63) is 46.7 Å². The summed E-state index contributed by atoms with van der Waals surface area (Å²) in [4.78, 5) is 14.9. The second-order valence-corrected chi connectivity index (χ2v) is 7.16. The Kier molecular flexibility index (Phi) is 5.62. The molecule has 3 aromatic rings. The zero-order valence-electron chi connectivity index (χ0n) is 14.9. The second kappa shape index (κ2) is 8.09. The average molecular weight is 371 g/mol. The SMILES string of the molecule is COc1cccc(-c2nnn(CC(=O)N[C@H](c3cccs3)C(C)C)n2)c1. The van der Waals surface area contributed by atoms with Crippen LogP contribution in [0.3, 0.4) is 0 Å². The van der Waals surface area contributed by atoms with Gasteiger partial charge in [0.1, 0.15) is 12.3 Å². The number of hydrogen-bond acceptors (Lipinski definition) is 6. The van der Waals surface area contributed by atoms with Crippen LogP contribution in [0.1, 0.15) is 24.8 Å². The number of tetrazole rings is 1. The molecular formula is C18H21N5O2S. The van der Waals surface area contributed by atoms with E-state index in [1.807, 2.05) is 41.8 Å². The fourth-order valence-corrected chi connectivity index (χ4v) is 3.52. The van der Waals surface area contributed by atoms with Gasteiger partial charge < -0.3 is 10.1 Å². The van der Waals surface area contributed by atoms with E-state index in [4.69, 9.17) is 4.74 Å². The molecule has 2 aromatic heterocycles. The minimum atomic E-state index is -0.147. The first-order valence-corrected chi connectivity index (χ1v) is 9.20. The highest BCUT2D eigenvalue weighted by atomic mass is 32.1. The van der Waals surface area contributed by atoms with E-state index in [9.17, 15) is 4.79 Å². The summed E-state index contributed by atoms with van der Waals surface area (Å²) in [5, 5.41) is 17.4. The Morgan fingerprint density at radius 2 is 2.15 bits per heavy atom. The molecule has 1 amide bonds. The molecule has 1 N–H and O–H groups in total. The lowest BCUT2D eigenvalue weighted by Gasteiger charge is -2.21. The number of carbonyl (C=O) groups excluding carboxylic acids is 1. The van der Waals surface area contributed by atoms with Gasteiger partial charge in [-0.15, -0.1) is 21.5 Å². The predicted molar refractivity (Wildman–Crippen MR) is 99.8 cm³/mol. The summed E-state index contributed by atoms with van der Waals surface area (Å²) >= 11 is 1.64. The highest BCUT2D eigenvalue weighted by molar-refractivity contribution is 7.10. The van der Waals surface area contributed by atoms with E-state index in [-0.39, 0.29) is 24.4 Å². The van der Waals surface area contributed by atoms with Crippen LogP contribution in [0.15, 0.2) is 41.8 Å².